The van der Waals surface area contributed by atoms with E-state index in [1.165, 1.54) is 0 Å². The summed E-state index contributed by atoms with van der Waals surface area (Å²) in [5.41, 5.74) is 4.60. The lowest BCUT2D eigenvalue weighted by Gasteiger charge is -2.28. The number of nitrogens with one attached hydrogen (secondary N) is 3. The number of hydrogen-bond acceptors (Lipinski definition) is 1. The van der Waals surface area contributed by atoms with Crippen LogP contribution in [0.2, 0.25) is 0 Å². The first-order valence-corrected chi connectivity index (χ1v) is 11.1. The van der Waals surface area contributed by atoms with Crippen molar-refractivity contribution in [2.24, 2.45) is 0 Å². The largest absolute Gasteiger partial charge is 0.361 e. The van der Waals surface area contributed by atoms with Crippen molar-refractivity contribution >= 4 is 65.3 Å². The standard InChI is InChI=1S/C24H15Br2N3O/c25-13-9-16-22(19(26)10-13)29-23(30)24(16,17-11-27-20-7-3-1-5-14(17)20)18-12-28-21-8-4-2-6-15(18)21/h1-12,27-28H,(H,29,30). The topological polar surface area (TPSA) is 60.7 Å². The van der Waals surface area contributed by atoms with Crippen molar-refractivity contribution in [3.8, 4) is 0 Å². The van der Waals surface area contributed by atoms with Crippen molar-refractivity contribution < 1.29 is 4.79 Å². The molecule has 0 spiro atoms. The van der Waals surface area contributed by atoms with Crippen LogP contribution in [0.3, 0.4) is 0 Å². The van der Waals surface area contributed by atoms with Crippen molar-refractivity contribution in [2.45, 2.75) is 5.41 Å². The molecule has 2 aromatic heterocycles. The summed E-state index contributed by atoms with van der Waals surface area (Å²) in [5, 5.41) is 5.21. The third kappa shape index (κ3) is 2.23. The van der Waals surface area contributed by atoms with Gasteiger partial charge in [0.15, 0.2) is 0 Å². The summed E-state index contributed by atoms with van der Waals surface area (Å²) in [5.74, 6) is -0.0641. The first kappa shape index (κ1) is 18.0. The number of halogens is 2. The highest BCUT2D eigenvalue weighted by atomic mass is 79.9. The second-order valence-electron chi connectivity index (χ2n) is 7.51. The van der Waals surface area contributed by atoms with E-state index in [9.17, 15) is 4.79 Å². The predicted molar refractivity (Wildman–Crippen MR) is 127 cm³/mol. The summed E-state index contributed by atoms with van der Waals surface area (Å²) in [6.45, 7) is 0. The van der Waals surface area contributed by atoms with Gasteiger partial charge in [0.25, 0.3) is 0 Å². The monoisotopic (exact) mass is 519 g/mol. The minimum Gasteiger partial charge on any atom is -0.361 e. The summed E-state index contributed by atoms with van der Waals surface area (Å²) in [6, 6.07) is 20.2. The summed E-state index contributed by atoms with van der Waals surface area (Å²) < 4.78 is 1.76. The molecule has 1 amide bonds. The molecule has 146 valence electrons. The molecule has 1 aliphatic heterocycles. The molecule has 5 aromatic rings. The minimum atomic E-state index is -0.999. The van der Waals surface area contributed by atoms with Gasteiger partial charge < -0.3 is 15.3 Å². The van der Waals surface area contributed by atoms with Crippen molar-refractivity contribution in [1.82, 2.24) is 9.97 Å². The van der Waals surface area contributed by atoms with E-state index in [-0.39, 0.29) is 5.91 Å². The van der Waals surface area contributed by atoms with E-state index in [0.29, 0.717) is 0 Å². The molecule has 0 fully saturated rings. The molecule has 6 heteroatoms. The lowest BCUT2D eigenvalue weighted by Crippen LogP contribution is -2.36. The van der Waals surface area contributed by atoms with Crippen LogP contribution in [0.5, 0.6) is 0 Å². The number of anilines is 1. The van der Waals surface area contributed by atoms with E-state index in [1.54, 1.807) is 0 Å². The molecule has 3 N–H and O–H groups in total. The average Bonchev–Trinajstić information content (AvgIpc) is 3.43. The third-order valence-corrected chi connectivity index (χ3v) is 7.11. The van der Waals surface area contributed by atoms with Gasteiger partial charge in [0.1, 0.15) is 5.41 Å². The summed E-state index contributed by atoms with van der Waals surface area (Å²) in [7, 11) is 0. The van der Waals surface area contributed by atoms with Crippen LogP contribution in [-0.4, -0.2) is 15.9 Å². The maximum atomic E-state index is 13.9. The quantitative estimate of drug-likeness (QED) is 0.246. The average molecular weight is 521 g/mol. The van der Waals surface area contributed by atoms with Gasteiger partial charge in [0, 0.05) is 59.8 Å². The highest BCUT2D eigenvalue weighted by Crippen LogP contribution is 2.53. The molecule has 0 bridgehead atoms. The molecular formula is C24H15Br2N3O. The SMILES string of the molecule is O=C1Nc2c(Br)cc(Br)cc2C1(c1c[nH]c2ccccc12)c1c[nH]c2ccccc12. The van der Waals surface area contributed by atoms with Crippen molar-refractivity contribution in [2.75, 3.05) is 5.32 Å². The summed E-state index contributed by atoms with van der Waals surface area (Å²) >= 11 is 7.27. The van der Waals surface area contributed by atoms with Crippen LogP contribution in [0.25, 0.3) is 21.8 Å². The number of amides is 1. The molecule has 3 heterocycles. The number of aromatic amines is 2. The van der Waals surface area contributed by atoms with E-state index in [1.807, 2.05) is 60.9 Å². The zero-order valence-electron chi connectivity index (χ0n) is 15.6. The summed E-state index contributed by atoms with van der Waals surface area (Å²) in [6.07, 6.45) is 3.94. The van der Waals surface area contributed by atoms with E-state index in [2.05, 4.69) is 59.3 Å². The second-order valence-corrected chi connectivity index (χ2v) is 9.28. The molecule has 0 radical (unpaired) electrons. The molecule has 0 saturated heterocycles. The van der Waals surface area contributed by atoms with Gasteiger partial charge in [-0.05, 0) is 40.2 Å². The molecule has 0 aliphatic carbocycles. The Morgan fingerprint density at radius 2 is 1.30 bits per heavy atom. The maximum absolute atomic E-state index is 13.9. The first-order valence-electron chi connectivity index (χ1n) is 9.55. The van der Waals surface area contributed by atoms with Gasteiger partial charge in [0.05, 0.1) is 5.69 Å². The highest BCUT2D eigenvalue weighted by Gasteiger charge is 2.52. The molecular weight excluding hydrogens is 506 g/mol. The van der Waals surface area contributed by atoms with E-state index in [4.69, 9.17) is 0 Å². The number of carbonyl (C=O) groups excluding carboxylic acids is 1. The highest BCUT2D eigenvalue weighted by molar-refractivity contribution is 9.11. The van der Waals surface area contributed by atoms with Crippen LogP contribution in [0.1, 0.15) is 16.7 Å². The lowest BCUT2D eigenvalue weighted by atomic mass is 9.70. The number of benzene rings is 3. The Labute approximate surface area is 188 Å². The van der Waals surface area contributed by atoms with E-state index < -0.39 is 5.41 Å². The summed E-state index contributed by atoms with van der Waals surface area (Å²) in [4.78, 5) is 20.7. The Bertz CT molecular complexity index is 1410. The first-order chi connectivity index (χ1) is 14.6. The molecule has 6 rings (SSSR count). The van der Waals surface area contributed by atoms with Crippen LogP contribution in [0.15, 0.2) is 82.0 Å². The maximum Gasteiger partial charge on any atom is 0.244 e. The van der Waals surface area contributed by atoms with Crippen LogP contribution in [0.4, 0.5) is 5.69 Å². The molecule has 1 aliphatic rings. The number of H-pyrrole nitrogens is 2. The Balaban J connectivity index is 1.82. The molecule has 30 heavy (non-hydrogen) atoms. The predicted octanol–water partition coefficient (Wildman–Crippen LogP) is 6.46. The minimum absolute atomic E-state index is 0.0641. The van der Waals surface area contributed by atoms with E-state index in [0.717, 1.165) is 53.1 Å². The van der Waals surface area contributed by atoms with Gasteiger partial charge in [-0.1, -0.05) is 52.3 Å². The molecule has 0 saturated carbocycles. The van der Waals surface area contributed by atoms with Gasteiger partial charge in [0.2, 0.25) is 5.91 Å². The fourth-order valence-corrected chi connectivity index (χ4v) is 6.09. The number of rotatable bonds is 2. The molecule has 0 atom stereocenters. The zero-order valence-corrected chi connectivity index (χ0v) is 18.8. The third-order valence-electron chi connectivity index (χ3n) is 6.02. The normalized spacial score (nSPS) is 14.9. The number of para-hydroxylation sites is 2. The van der Waals surface area contributed by atoms with Gasteiger partial charge in [-0.3, -0.25) is 4.79 Å². The van der Waals surface area contributed by atoms with Crippen LogP contribution < -0.4 is 5.32 Å². The van der Waals surface area contributed by atoms with Gasteiger partial charge >= 0.3 is 0 Å². The van der Waals surface area contributed by atoms with Crippen LogP contribution in [-0.2, 0) is 10.2 Å². The van der Waals surface area contributed by atoms with Crippen molar-refractivity contribution in [1.29, 1.82) is 0 Å². The van der Waals surface area contributed by atoms with Gasteiger partial charge in [-0.15, -0.1) is 0 Å². The van der Waals surface area contributed by atoms with Crippen LogP contribution in [0, 0.1) is 0 Å². The Kier molecular flexibility index (Phi) is 3.80. The van der Waals surface area contributed by atoms with Crippen molar-refractivity contribution in [3.05, 3.63) is 98.7 Å². The molecule has 3 aromatic carbocycles. The van der Waals surface area contributed by atoms with Crippen molar-refractivity contribution in [3.63, 3.8) is 0 Å². The van der Waals surface area contributed by atoms with E-state index >= 15 is 0 Å². The fourth-order valence-electron chi connectivity index (χ4n) is 4.77. The Hall–Kier alpha value is -2.83. The van der Waals surface area contributed by atoms with Gasteiger partial charge in [-0.2, -0.15) is 0 Å². The Morgan fingerprint density at radius 3 is 1.90 bits per heavy atom. The zero-order chi connectivity index (χ0) is 20.5. The number of hydrogen-bond donors (Lipinski definition) is 3. The molecule has 4 nitrogen and oxygen atoms in total. The van der Waals surface area contributed by atoms with Gasteiger partial charge in [-0.25, -0.2) is 0 Å². The smallest absolute Gasteiger partial charge is 0.244 e. The second kappa shape index (κ2) is 6.33. The number of carbonyl (C=O) groups is 1. The fraction of sp³-hybridized carbons (Fsp3) is 0.0417. The number of fused-ring (bicyclic) bond motifs is 3. The Morgan fingerprint density at radius 1 is 0.733 bits per heavy atom. The molecule has 0 unspecified atom stereocenters. The van der Waals surface area contributed by atoms with Crippen LogP contribution >= 0.6 is 31.9 Å². The lowest BCUT2D eigenvalue weighted by molar-refractivity contribution is -0.118. The number of aromatic nitrogens is 2.